The van der Waals surface area contributed by atoms with Crippen LogP contribution in [0.5, 0.6) is 0 Å². The van der Waals surface area contributed by atoms with Crippen LogP contribution in [0.2, 0.25) is 0 Å². The molecule has 3 aliphatic rings. The van der Waals surface area contributed by atoms with Gasteiger partial charge in [-0.05, 0) is 76.8 Å². The van der Waals surface area contributed by atoms with Gasteiger partial charge >= 0.3 is 0 Å². The predicted molar refractivity (Wildman–Crippen MR) is 249 cm³/mol. The van der Waals surface area contributed by atoms with Gasteiger partial charge in [-0.15, -0.1) is 11.3 Å². The zero-order valence-electron chi connectivity index (χ0n) is 33.0. The molecular formula is C55H42N2OS. The van der Waals surface area contributed by atoms with Gasteiger partial charge in [0, 0.05) is 60.3 Å². The van der Waals surface area contributed by atoms with Gasteiger partial charge in [-0.1, -0.05) is 165 Å². The van der Waals surface area contributed by atoms with Gasteiger partial charge in [0.05, 0.1) is 5.71 Å². The van der Waals surface area contributed by atoms with E-state index in [1.165, 1.54) is 64.5 Å². The lowest BCUT2D eigenvalue weighted by Crippen LogP contribution is -2.14. The number of benzene rings is 6. The quantitative estimate of drug-likeness (QED) is 0.159. The number of hydrogen-bond acceptors (Lipinski definition) is 4. The molecule has 1 atom stereocenters. The van der Waals surface area contributed by atoms with Crippen molar-refractivity contribution >= 4 is 65.2 Å². The summed E-state index contributed by atoms with van der Waals surface area (Å²) in [5.41, 5.74) is 15.1. The van der Waals surface area contributed by atoms with Crippen molar-refractivity contribution in [3.05, 3.63) is 215 Å². The van der Waals surface area contributed by atoms with Crippen molar-refractivity contribution in [1.82, 2.24) is 0 Å². The average molecular weight is 779 g/mol. The van der Waals surface area contributed by atoms with Crippen molar-refractivity contribution < 1.29 is 4.42 Å². The third kappa shape index (κ3) is 6.36. The number of hydrogen-bond donors (Lipinski definition) is 0. The first-order chi connectivity index (χ1) is 29.2. The first-order valence-corrected chi connectivity index (χ1v) is 21.7. The number of furan rings is 1. The molecule has 0 N–H and O–H groups in total. The molecule has 0 saturated carbocycles. The maximum atomic E-state index is 6.90. The highest BCUT2D eigenvalue weighted by atomic mass is 32.1. The van der Waals surface area contributed by atoms with Crippen molar-refractivity contribution in [3.63, 3.8) is 0 Å². The summed E-state index contributed by atoms with van der Waals surface area (Å²) in [4.78, 5) is 11.1. The Balaban J connectivity index is 1.12. The standard InChI is InChI=1S/C55H42N2OS/c1-2-35-34-48(39-20-10-5-11-21-39)56-55(40-28-26-37(27-29-40)36-16-6-3-7-17-36)57-52(35)41-32-46-43-22-12-14-24-49(43)58-53(46)47(33-41)44-31-30-42(38-18-8-4-9-19-38)54-51(44)45-23-13-15-25-50(45)59-54/h4-6,8-31,33,41H,2-3,7,32,34H2,1H3. The fourth-order valence-corrected chi connectivity index (χ4v) is 10.5. The SMILES string of the molecule is CCC1=C(C2C=C(c3ccc(-c4ccccc4)c4sc5ccccc5c34)c3oc4ccccc4c3C2)N=C(c2ccc(C3=CCCC=C3)cc2)N=C(c2ccccc2)C1. The number of nitrogens with zero attached hydrogens (tertiary/aromatic N) is 2. The van der Waals surface area contributed by atoms with Crippen LogP contribution in [-0.4, -0.2) is 11.5 Å². The fourth-order valence-electron chi connectivity index (χ4n) is 9.26. The normalized spacial score (nSPS) is 16.8. The summed E-state index contributed by atoms with van der Waals surface area (Å²) in [7, 11) is 0. The Morgan fingerprint density at radius 2 is 1.37 bits per heavy atom. The first kappa shape index (κ1) is 35.5. The van der Waals surface area contributed by atoms with Crippen LogP contribution in [0, 0.1) is 5.92 Å². The summed E-state index contributed by atoms with van der Waals surface area (Å²) >= 11 is 1.88. The highest BCUT2D eigenvalue weighted by Gasteiger charge is 2.32. The molecule has 0 bridgehead atoms. The van der Waals surface area contributed by atoms with E-state index in [1.807, 2.05) is 11.3 Å². The number of para-hydroxylation sites is 1. The van der Waals surface area contributed by atoms with Gasteiger partial charge in [0.15, 0.2) is 5.84 Å². The van der Waals surface area contributed by atoms with Crippen molar-refractivity contribution in [2.45, 2.75) is 39.0 Å². The molecule has 0 amide bonds. The van der Waals surface area contributed by atoms with Gasteiger partial charge in [-0.2, -0.15) is 0 Å². The van der Waals surface area contributed by atoms with E-state index < -0.39 is 0 Å². The lowest BCUT2D eigenvalue weighted by Gasteiger charge is -2.24. The monoisotopic (exact) mass is 778 g/mol. The van der Waals surface area contributed by atoms with Gasteiger partial charge in [0.25, 0.3) is 0 Å². The fraction of sp³-hybridized carbons (Fsp3) is 0.127. The Morgan fingerprint density at radius 1 is 0.661 bits per heavy atom. The van der Waals surface area contributed by atoms with E-state index in [2.05, 4.69) is 177 Å². The van der Waals surface area contributed by atoms with Crippen molar-refractivity contribution in [2.24, 2.45) is 15.9 Å². The van der Waals surface area contributed by atoms with Gasteiger partial charge in [-0.3, -0.25) is 0 Å². The van der Waals surface area contributed by atoms with Crippen molar-refractivity contribution in [2.75, 3.05) is 0 Å². The lowest BCUT2D eigenvalue weighted by atomic mass is 9.80. The minimum Gasteiger partial charge on any atom is -0.456 e. The molecular weight excluding hydrogens is 737 g/mol. The molecule has 0 saturated heterocycles. The zero-order valence-corrected chi connectivity index (χ0v) is 33.8. The smallest absolute Gasteiger partial charge is 0.159 e. The molecule has 11 rings (SSSR count). The number of fused-ring (bicyclic) bond motifs is 6. The van der Waals surface area contributed by atoms with E-state index in [0.29, 0.717) is 0 Å². The predicted octanol–water partition coefficient (Wildman–Crippen LogP) is 14.8. The van der Waals surface area contributed by atoms with E-state index in [1.54, 1.807) is 0 Å². The van der Waals surface area contributed by atoms with Gasteiger partial charge in [0.1, 0.15) is 11.3 Å². The first-order valence-electron chi connectivity index (χ1n) is 20.8. The van der Waals surface area contributed by atoms with E-state index in [9.17, 15) is 0 Å². The number of thiophene rings is 1. The summed E-state index contributed by atoms with van der Waals surface area (Å²) in [6.45, 7) is 2.27. The van der Waals surface area contributed by atoms with Gasteiger partial charge in [0.2, 0.25) is 0 Å². The van der Waals surface area contributed by atoms with Crippen LogP contribution in [0.25, 0.3) is 53.4 Å². The largest absolute Gasteiger partial charge is 0.456 e. The highest BCUT2D eigenvalue weighted by molar-refractivity contribution is 7.26. The molecule has 0 spiro atoms. The van der Waals surface area contributed by atoms with Gasteiger partial charge in [-0.25, -0.2) is 9.98 Å². The third-order valence-corrected chi connectivity index (χ3v) is 13.4. The Bertz CT molecular complexity index is 3110. The van der Waals surface area contributed by atoms with Crippen LogP contribution in [0.15, 0.2) is 196 Å². The second-order valence-corrected chi connectivity index (χ2v) is 16.8. The van der Waals surface area contributed by atoms with Crippen LogP contribution in [-0.2, 0) is 6.42 Å². The van der Waals surface area contributed by atoms with Crippen LogP contribution in [0.3, 0.4) is 0 Å². The van der Waals surface area contributed by atoms with Crippen LogP contribution >= 0.6 is 11.3 Å². The molecule has 2 aliphatic carbocycles. The van der Waals surface area contributed by atoms with Crippen LogP contribution in [0.4, 0.5) is 0 Å². The van der Waals surface area contributed by atoms with Crippen LogP contribution in [0.1, 0.15) is 66.2 Å². The van der Waals surface area contributed by atoms with Crippen molar-refractivity contribution in [3.8, 4) is 11.1 Å². The maximum Gasteiger partial charge on any atom is 0.159 e. The average Bonchev–Trinajstić information content (AvgIpc) is 3.82. The van der Waals surface area contributed by atoms with Crippen LogP contribution < -0.4 is 0 Å². The molecule has 3 heterocycles. The number of allylic oxidation sites excluding steroid dienone is 6. The van der Waals surface area contributed by atoms with E-state index >= 15 is 0 Å². The Labute approximate surface area is 348 Å². The molecule has 0 fully saturated rings. The summed E-state index contributed by atoms with van der Waals surface area (Å²) in [5, 5.41) is 3.72. The lowest BCUT2D eigenvalue weighted by molar-refractivity contribution is 0.581. The molecule has 1 unspecified atom stereocenters. The molecule has 284 valence electrons. The summed E-state index contributed by atoms with van der Waals surface area (Å²) < 4.78 is 9.48. The number of rotatable bonds is 7. The third-order valence-electron chi connectivity index (χ3n) is 12.2. The molecule has 8 aromatic rings. The molecule has 6 aromatic carbocycles. The zero-order chi connectivity index (χ0) is 39.3. The van der Waals surface area contributed by atoms with E-state index in [-0.39, 0.29) is 5.92 Å². The maximum absolute atomic E-state index is 6.90. The summed E-state index contributed by atoms with van der Waals surface area (Å²) in [6.07, 6.45) is 13.9. The molecule has 3 nitrogen and oxygen atoms in total. The minimum atomic E-state index is -0.000617. The van der Waals surface area contributed by atoms with Crippen molar-refractivity contribution in [1.29, 1.82) is 0 Å². The minimum absolute atomic E-state index is 0.000617. The molecule has 59 heavy (non-hydrogen) atoms. The number of amidine groups is 1. The second kappa shape index (κ2) is 15.0. The molecule has 1 aliphatic heterocycles. The Hall–Kier alpha value is -6.62. The Morgan fingerprint density at radius 3 is 2.15 bits per heavy atom. The second-order valence-electron chi connectivity index (χ2n) is 15.7. The molecule has 0 radical (unpaired) electrons. The van der Waals surface area contributed by atoms with Gasteiger partial charge < -0.3 is 4.42 Å². The number of aliphatic imine (C=N–C) groups is 2. The Kier molecular flexibility index (Phi) is 9.01. The molecule has 2 aromatic heterocycles. The van der Waals surface area contributed by atoms with E-state index in [0.717, 1.165) is 77.4 Å². The summed E-state index contributed by atoms with van der Waals surface area (Å²) in [6, 6.07) is 52.3. The summed E-state index contributed by atoms with van der Waals surface area (Å²) in [5.74, 6) is 1.73. The molecule has 4 heteroatoms. The van der Waals surface area contributed by atoms with E-state index in [4.69, 9.17) is 14.4 Å². The highest BCUT2D eigenvalue weighted by Crippen LogP contribution is 2.49. The topological polar surface area (TPSA) is 37.9 Å².